The van der Waals surface area contributed by atoms with E-state index >= 15 is 0 Å². The van der Waals surface area contributed by atoms with Crippen molar-refractivity contribution in [3.8, 4) is 11.5 Å². The van der Waals surface area contributed by atoms with Crippen LogP contribution in [-0.2, 0) is 20.8 Å². The van der Waals surface area contributed by atoms with Gasteiger partial charge in [-0.3, -0.25) is 9.78 Å². The lowest BCUT2D eigenvalue weighted by Gasteiger charge is -2.31. The van der Waals surface area contributed by atoms with E-state index in [-0.39, 0.29) is 22.6 Å². The lowest BCUT2D eigenvalue weighted by atomic mass is 10.0. The molecule has 4 rings (SSSR count). The maximum atomic E-state index is 13.4. The van der Waals surface area contributed by atoms with Crippen molar-refractivity contribution in [1.82, 2.24) is 10.3 Å². The number of benzene rings is 1. The lowest BCUT2D eigenvalue weighted by molar-refractivity contribution is -0.115. The van der Waals surface area contributed by atoms with Crippen LogP contribution in [0.25, 0.3) is 0 Å². The number of carbonyl (C=O) groups excluding carboxylic acids is 1. The number of nitrogens with two attached hydrogens (primary N) is 1. The molecule has 0 spiro atoms. The minimum absolute atomic E-state index is 0.0223. The second-order valence-electron chi connectivity index (χ2n) is 8.26. The number of thiocarbonyl (C=S) groups is 1. The monoisotopic (exact) mass is 532 g/mol. The summed E-state index contributed by atoms with van der Waals surface area (Å²) in [5.41, 5.74) is 8.41. The van der Waals surface area contributed by atoms with E-state index in [1.807, 2.05) is 6.07 Å². The average Bonchev–Trinajstić information content (AvgIpc) is 2.88. The molecule has 0 aliphatic carbocycles. The Hall–Kier alpha value is -2.92. The number of anilines is 1. The molecule has 0 radical (unpaired) electrons. The van der Waals surface area contributed by atoms with Gasteiger partial charge in [-0.25, -0.2) is 0 Å². The molecule has 1 aromatic carbocycles. The fourth-order valence-electron chi connectivity index (χ4n) is 4.18. The number of para-hydroxylation sites is 1. The molecule has 2 aliphatic rings. The van der Waals surface area contributed by atoms with E-state index in [4.69, 9.17) is 48.5 Å². The van der Waals surface area contributed by atoms with Crippen LogP contribution in [0.2, 0.25) is 5.02 Å². The molecule has 3 heterocycles. The highest BCUT2D eigenvalue weighted by Gasteiger charge is 2.32. The molecule has 2 aromatic rings. The number of amides is 1. The Balaban J connectivity index is 1.46. The van der Waals surface area contributed by atoms with Crippen LogP contribution >= 0.6 is 23.8 Å². The molecule has 1 atom stereocenters. The third-order valence-electron chi connectivity index (χ3n) is 5.98. The standard InChI is InChI=1S/C25H29ClN4O5S/c1-32-23-18(26)3-2-4-20(23)30-9-6-19(22(24(27)36)25(30)31)29-13-16-5-8-28-14-21(16)35-10-7-17-15-33-11-12-34-17/h2-5,8,14,17,29H,6-7,9-13,15H2,1H3,(H2,27,36). The third kappa shape index (κ3) is 6.07. The summed E-state index contributed by atoms with van der Waals surface area (Å²) >= 11 is 11.5. The summed E-state index contributed by atoms with van der Waals surface area (Å²) in [4.78, 5) is 19.2. The summed E-state index contributed by atoms with van der Waals surface area (Å²) in [6.45, 7) is 3.11. The maximum absolute atomic E-state index is 13.4. The van der Waals surface area contributed by atoms with E-state index in [1.165, 1.54) is 7.11 Å². The van der Waals surface area contributed by atoms with Gasteiger partial charge < -0.3 is 34.9 Å². The van der Waals surface area contributed by atoms with Gasteiger partial charge in [0.05, 0.1) is 62.1 Å². The Morgan fingerprint density at radius 3 is 2.97 bits per heavy atom. The predicted molar refractivity (Wildman–Crippen MR) is 141 cm³/mol. The summed E-state index contributed by atoms with van der Waals surface area (Å²) in [6.07, 6.45) is 4.65. The number of hydrogen-bond donors (Lipinski definition) is 2. The number of carbonyl (C=O) groups is 1. The maximum Gasteiger partial charge on any atom is 0.263 e. The van der Waals surface area contributed by atoms with Gasteiger partial charge in [0.2, 0.25) is 0 Å². The predicted octanol–water partition coefficient (Wildman–Crippen LogP) is 2.99. The fraction of sp³-hybridized carbons (Fsp3) is 0.400. The molecule has 1 saturated heterocycles. The fourth-order valence-corrected chi connectivity index (χ4v) is 4.63. The van der Waals surface area contributed by atoms with Gasteiger partial charge in [-0.1, -0.05) is 29.9 Å². The van der Waals surface area contributed by atoms with Crippen molar-refractivity contribution in [2.45, 2.75) is 25.5 Å². The zero-order chi connectivity index (χ0) is 25.5. The average molecular weight is 533 g/mol. The van der Waals surface area contributed by atoms with Gasteiger partial charge in [-0.2, -0.15) is 0 Å². The van der Waals surface area contributed by atoms with Crippen LogP contribution < -0.4 is 25.4 Å². The zero-order valence-electron chi connectivity index (χ0n) is 20.0. The number of rotatable bonds is 10. The molecule has 1 aromatic heterocycles. The van der Waals surface area contributed by atoms with Gasteiger partial charge in [-0.05, 0) is 18.2 Å². The van der Waals surface area contributed by atoms with Gasteiger partial charge in [0.15, 0.2) is 5.75 Å². The van der Waals surface area contributed by atoms with Crippen molar-refractivity contribution in [2.75, 3.05) is 45.0 Å². The number of hydrogen-bond acceptors (Lipinski definition) is 8. The number of ether oxygens (including phenoxy) is 4. The van der Waals surface area contributed by atoms with E-state index in [0.717, 1.165) is 12.0 Å². The van der Waals surface area contributed by atoms with Crippen molar-refractivity contribution in [3.05, 3.63) is 58.5 Å². The van der Waals surface area contributed by atoms with E-state index in [1.54, 1.807) is 35.5 Å². The van der Waals surface area contributed by atoms with Crippen molar-refractivity contribution in [1.29, 1.82) is 0 Å². The van der Waals surface area contributed by atoms with E-state index < -0.39 is 0 Å². The van der Waals surface area contributed by atoms with Crippen LogP contribution in [0.3, 0.4) is 0 Å². The normalized spacial score (nSPS) is 18.2. The molecule has 0 bridgehead atoms. The Kier molecular flexibility index (Phi) is 8.98. The second-order valence-corrected chi connectivity index (χ2v) is 9.11. The van der Waals surface area contributed by atoms with Crippen LogP contribution in [-0.4, -0.2) is 62.1 Å². The van der Waals surface area contributed by atoms with Crippen LogP contribution in [0.4, 0.5) is 5.69 Å². The molecular weight excluding hydrogens is 504 g/mol. The third-order valence-corrected chi connectivity index (χ3v) is 6.48. The molecule has 2 aliphatic heterocycles. The van der Waals surface area contributed by atoms with E-state index in [9.17, 15) is 4.79 Å². The first-order valence-corrected chi connectivity index (χ1v) is 12.4. The van der Waals surface area contributed by atoms with Gasteiger partial charge in [-0.15, -0.1) is 0 Å². The summed E-state index contributed by atoms with van der Waals surface area (Å²) in [5, 5.41) is 3.76. The second kappa shape index (κ2) is 12.4. The zero-order valence-corrected chi connectivity index (χ0v) is 21.6. The number of aromatic nitrogens is 1. The van der Waals surface area contributed by atoms with Crippen molar-refractivity contribution in [3.63, 3.8) is 0 Å². The summed E-state index contributed by atoms with van der Waals surface area (Å²) in [5.74, 6) is 0.777. The Labute approximate surface area is 220 Å². The molecule has 1 unspecified atom stereocenters. The highest BCUT2D eigenvalue weighted by atomic mass is 35.5. The van der Waals surface area contributed by atoms with Crippen molar-refractivity contribution < 1.29 is 23.7 Å². The van der Waals surface area contributed by atoms with E-state index in [0.29, 0.717) is 73.8 Å². The largest absolute Gasteiger partial charge is 0.493 e. The SMILES string of the molecule is COc1c(Cl)cccc1N1CCC(NCc2ccncc2OCCC2COCCO2)=C(C(N)=S)C1=O. The molecule has 0 saturated carbocycles. The van der Waals surface area contributed by atoms with E-state index in [2.05, 4.69) is 10.3 Å². The number of nitrogens with one attached hydrogen (secondary N) is 1. The first-order chi connectivity index (χ1) is 17.5. The summed E-state index contributed by atoms with van der Waals surface area (Å²) < 4.78 is 22.5. The van der Waals surface area contributed by atoms with Gasteiger partial charge >= 0.3 is 0 Å². The first-order valence-electron chi connectivity index (χ1n) is 11.7. The molecule has 1 fully saturated rings. The van der Waals surface area contributed by atoms with Crippen LogP contribution in [0.5, 0.6) is 11.5 Å². The molecule has 192 valence electrons. The van der Waals surface area contributed by atoms with Crippen LogP contribution in [0.1, 0.15) is 18.4 Å². The van der Waals surface area contributed by atoms with Crippen LogP contribution in [0.15, 0.2) is 47.9 Å². The molecule has 9 nitrogen and oxygen atoms in total. The topological polar surface area (TPSA) is 108 Å². The Morgan fingerprint density at radius 2 is 2.22 bits per heavy atom. The van der Waals surface area contributed by atoms with Gasteiger partial charge in [0.25, 0.3) is 5.91 Å². The molecule has 1 amide bonds. The number of pyridine rings is 1. The number of nitrogens with zero attached hydrogens (tertiary/aromatic N) is 2. The molecule has 3 N–H and O–H groups in total. The lowest BCUT2D eigenvalue weighted by Crippen LogP contribution is -2.43. The molecule has 11 heteroatoms. The van der Waals surface area contributed by atoms with Gasteiger partial charge in [0, 0.05) is 43.4 Å². The van der Waals surface area contributed by atoms with Crippen molar-refractivity contribution in [2.24, 2.45) is 5.73 Å². The first kappa shape index (κ1) is 26.2. The van der Waals surface area contributed by atoms with Crippen molar-refractivity contribution >= 4 is 40.4 Å². The Morgan fingerprint density at radius 1 is 1.36 bits per heavy atom. The minimum Gasteiger partial charge on any atom is -0.493 e. The summed E-state index contributed by atoms with van der Waals surface area (Å²) in [7, 11) is 1.51. The Bertz CT molecular complexity index is 1140. The number of methoxy groups -OCH3 is 1. The quantitative estimate of drug-likeness (QED) is 0.446. The number of halogens is 1. The highest BCUT2D eigenvalue weighted by Crippen LogP contribution is 2.37. The molecule has 36 heavy (non-hydrogen) atoms. The smallest absolute Gasteiger partial charge is 0.263 e. The minimum atomic E-state index is -0.308. The highest BCUT2D eigenvalue weighted by molar-refractivity contribution is 7.80. The van der Waals surface area contributed by atoms with Gasteiger partial charge in [0.1, 0.15) is 10.7 Å². The van der Waals surface area contributed by atoms with Crippen LogP contribution in [0, 0.1) is 0 Å². The molecular formula is C25H29ClN4O5S. The summed E-state index contributed by atoms with van der Waals surface area (Å²) in [6, 6.07) is 7.13.